The fraction of sp³-hybridized carbons (Fsp3) is 0.200. The van der Waals surface area contributed by atoms with Gasteiger partial charge in [-0.2, -0.15) is 0 Å². The second-order valence-corrected chi connectivity index (χ2v) is 3.55. The molecule has 0 aromatic heterocycles. The van der Waals surface area contributed by atoms with Crippen molar-refractivity contribution in [3.8, 4) is 5.75 Å². The van der Waals surface area contributed by atoms with Crippen LogP contribution in [-0.2, 0) is 6.61 Å². The lowest BCUT2D eigenvalue weighted by Crippen LogP contribution is -2.00. The third-order valence-electron chi connectivity index (χ3n) is 1.81. The molecule has 0 aliphatic rings. The number of halogens is 1. The van der Waals surface area contributed by atoms with Crippen LogP contribution in [0.5, 0.6) is 5.75 Å². The van der Waals surface area contributed by atoms with Gasteiger partial charge in [0.25, 0.3) is 5.69 Å². The Balaban J connectivity index is 2.93. The predicted molar refractivity (Wildman–Crippen MR) is 59.5 cm³/mol. The lowest BCUT2D eigenvalue weighted by atomic mass is 10.2. The van der Waals surface area contributed by atoms with Gasteiger partial charge in [0.2, 0.25) is 0 Å². The van der Waals surface area contributed by atoms with Crippen LogP contribution in [-0.4, -0.2) is 16.6 Å². The van der Waals surface area contributed by atoms with Crippen molar-refractivity contribution in [1.29, 1.82) is 0 Å². The summed E-state index contributed by atoms with van der Waals surface area (Å²) in [7, 11) is 0. The van der Waals surface area contributed by atoms with E-state index in [0.717, 1.165) is 0 Å². The summed E-state index contributed by atoms with van der Waals surface area (Å²) in [5.74, 6) is 0.356. The van der Waals surface area contributed by atoms with Crippen molar-refractivity contribution in [2.24, 2.45) is 0 Å². The highest BCUT2D eigenvalue weighted by atomic mass is 35.5. The van der Waals surface area contributed by atoms with Gasteiger partial charge in [-0.05, 0) is 6.07 Å². The van der Waals surface area contributed by atoms with Crippen LogP contribution in [0.2, 0.25) is 0 Å². The van der Waals surface area contributed by atoms with Crippen LogP contribution in [0.25, 0.3) is 0 Å². The second-order valence-electron chi connectivity index (χ2n) is 3.01. The van der Waals surface area contributed by atoms with E-state index in [1.807, 2.05) is 0 Å². The number of nitro groups is 1. The molecule has 0 fully saturated rings. The molecule has 6 heteroatoms. The number of hydrogen-bond acceptors (Lipinski definition) is 4. The van der Waals surface area contributed by atoms with Crippen molar-refractivity contribution in [3.05, 3.63) is 45.5 Å². The fourth-order valence-electron chi connectivity index (χ4n) is 1.10. The van der Waals surface area contributed by atoms with Gasteiger partial charge in [0.1, 0.15) is 12.4 Å². The summed E-state index contributed by atoms with van der Waals surface area (Å²) < 4.78 is 5.21. The molecule has 0 aliphatic carbocycles. The topological polar surface area (TPSA) is 72.6 Å². The molecular formula is C10H10ClNO4. The number of rotatable bonds is 5. The number of non-ortho nitro benzene ring substituents is 1. The number of ether oxygens (including phenoxy) is 1. The summed E-state index contributed by atoms with van der Waals surface area (Å²) in [6, 6.07) is 3.97. The van der Waals surface area contributed by atoms with E-state index in [1.165, 1.54) is 18.2 Å². The molecule has 1 aromatic carbocycles. The Morgan fingerprint density at radius 3 is 2.81 bits per heavy atom. The summed E-state index contributed by atoms with van der Waals surface area (Å²) >= 11 is 5.51. The Morgan fingerprint density at radius 2 is 2.31 bits per heavy atom. The second kappa shape index (κ2) is 5.48. The number of nitrogens with zero attached hydrogens (tertiary/aromatic N) is 1. The number of aliphatic hydroxyl groups excluding tert-OH is 1. The van der Waals surface area contributed by atoms with Crippen LogP contribution in [0.4, 0.5) is 5.69 Å². The molecule has 0 saturated carbocycles. The maximum atomic E-state index is 10.5. The molecule has 1 aromatic rings. The van der Waals surface area contributed by atoms with Gasteiger partial charge >= 0.3 is 0 Å². The third-order valence-corrected chi connectivity index (χ3v) is 1.92. The molecule has 1 N–H and O–H groups in total. The van der Waals surface area contributed by atoms with E-state index in [9.17, 15) is 10.1 Å². The number of nitro benzene ring substituents is 1. The first kappa shape index (κ1) is 12.5. The zero-order valence-electron chi connectivity index (χ0n) is 8.35. The summed E-state index contributed by atoms with van der Waals surface area (Å²) in [5, 5.41) is 19.8. The Kier molecular flexibility index (Phi) is 4.28. The Morgan fingerprint density at radius 1 is 1.62 bits per heavy atom. The Hall–Kier alpha value is -1.59. The Bertz CT molecular complexity index is 419. The molecule has 0 radical (unpaired) electrons. The highest BCUT2D eigenvalue weighted by Gasteiger charge is 2.11. The third kappa shape index (κ3) is 3.22. The molecule has 5 nitrogen and oxygen atoms in total. The molecule has 0 saturated heterocycles. The minimum atomic E-state index is -0.538. The first-order valence-corrected chi connectivity index (χ1v) is 4.76. The number of aliphatic hydroxyl groups is 1. The molecule has 0 atom stereocenters. The van der Waals surface area contributed by atoms with Crippen molar-refractivity contribution in [2.45, 2.75) is 6.61 Å². The molecule has 16 heavy (non-hydrogen) atoms. The molecule has 0 aliphatic heterocycles. The van der Waals surface area contributed by atoms with Gasteiger partial charge in [0, 0.05) is 22.7 Å². The molecule has 0 unspecified atom stereocenters. The van der Waals surface area contributed by atoms with Crippen molar-refractivity contribution in [2.75, 3.05) is 6.61 Å². The molecule has 0 heterocycles. The SMILES string of the molecule is C=C(Cl)COc1ccc([N+](=O)[O-])cc1CO. The summed E-state index contributed by atoms with van der Waals surface area (Å²) in [6.45, 7) is 3.19. The van der Waals surface area contributed by atoms with Crippen LogP contribution in [0.15, 0.2) is 29.8 Å². The summed E-state index contributed by atoms with van der Waals surface area (Å²) in [4.78, 5) is 9.96. The number of benzene rings is 1. The zero-order valence-corrected chi connectivity index (χ0v) is 9.11. The minimum absolute atomic E-state index is 0.0896. The van der Waals surface area contributed by atoms with Gasteiger partial charge in [-0.25, -0.2) is 0 Å². The van der Waals surface area contributed by atoms with Gasteiger partial charge in [0.15, 0.2) is 0 Å². The highest BCUT2D eigenvalue weighted by molar-refractivity contribution is 6.29. The first-order chi connectivity index (χ1) is 7.54. The quantitative estimate of drug-likeness (QED) is 0.636. The van der Waals surface area contributed by atoms with Crippen molar-refractivity contribution < 1.29 is 14.8 Å². The van der Waals surface area contributed by atoms with Crippen LogP contribution < -0.4 is 4.74 Å². The zero-order chi connectivity index (χ0) is 12.1. The maximum Gasteiger partial charge on any atom is 0.270 e. The monoisotopic (exact) mass is 243 g/mol. The van der Waals surface area contributed by atoms with Gasteiger partial charge in [0.05, 0.1) is 11.5 Å². The average Bonchev–Trinajstić information content (AvgIpc) is 2.25. The average molecular weight is 244 g/mol. The predicted octanol–water partition coefficient (Wildman–Crippen LogP) is 2.22. The highest BCUT2D eigenvalue weighted by Crippen LogP contribution is 2.24. The standard InChI is InChI=1S/C10H10ClNO4/c1-7(11)6-16-10-3-2-9(12(14)15)4-8(10)5-13/h2-4,13H,1,5-6H2. The lowest BCUT2D eigenvalue weighted by Gasteiger charge is -2.08. The first-order valence-electron chi connectivity index (χ1n) is 4.39. The van der Waals surface area contributed by atoms with E-state index < -0.39 is 4.92 Å². The van der Waals surface area contributed by atoms with Crippen LogP contribution >= 0.6 is 11.6 Å². The van der Waals surface area contributed by atoms with E-state index in [-0.39, 0.29) is 18.9 Å². The number of hydrogen-bond donors (Lipinski definition) is 1. The van der Waals surface area contributed by atoms with Gasteiger partial charge in [-0.1, -0.05) is 18.2 Å². The maximum absolute atomic E-state index is 10.5. The Labute approximate surface area is 97.1 Å². The molecule has 86 valence electrons. The van der Waals surface area contributed by atoms with E-state index in [0.29, 0.717) is 16.3 Å². The van der Waals surface area contributed by atoms with Crippen molar-refractivity contribution in [3.63, 3.8) is 0 Å². The van der Waals surface area contributed by atoms with E-state index in [1.54, 1.807) is 0 Å². The van der Waals surface area contributed by atoms with Gasteiger partial charge < -0.3 is 9.84 Å². The van der Waals surface area contributed by atoms with E-state index >= 15 is 0 Å². The van der Waals surface area contributed by atoms with Crippen LogP contribution in [0.3, 0.4) is 0 Å². The van der Waals surface area contributed by atoms with Crippen molar-refractivity contribution >= 4 is 17.3 Å². The van der Waals surface area contributed by atoms with Gasteiger partial charge in [-0.15, -0.1) is 0 Å². The van der Waals surface area contributed by atoms with Crippen LogP contribution in [0, 0.1) is 10.1 Å². The molecular weight excluding hydrogens is 234 g/mol. The van der Waals surface area contributed by atoms with E-state index in [2.05, 4.69) is 6.58 Å². The van der Waals surface area contributed by atoms with Gasteiger partial charge in [-0.3, -0.25) is 10.1 Å². The molecule has 0 spiro atoms. The normalized spacial score (nSPS) is 9.88. The lowest BCUT2D eigenvalue weighted by molar-refractivity contribution is -0.385. The van der Waals surface area contributed by atoms with E-state index in [4.69, 9.17) is 21.4 Å². The van der Waals surface area contributed by atoms with Crippen LogP contribution in [0.1, 0.15) is 5.56 Å². The minimum Gasteiger partial charge on any atom is -0.488 e. The summed E-state index contributed by atoms with van der Waals surface area (Å²) in [6.07, 6.45) is 0. The molecule has 0 amide bonds. The molecule has 1 rings (SSSR count). The summed E-state index contributed by atoms with van der Waals surface area (Å²) in [5.41, 5.74) is 0.244. The largest absolute Gasteiger partial charge is 0.488 e. The van der Waals surface area contributed by atoms with Crippen molar-refractivity contribution in [1.82, 2.24) is 0 Å². The fourth-order valence-corrected chi connectivity index (χ4v) is 1.15. The molecule has 0 bridgehead atoms. The smallest absolute Gasteiger partial charge is 0.270 e.